The normalized spacial score (nSPS) is 18.4. The van der Waals surface area contributed by atoms with Crippen LogP contribution in [0.5, 0.6) is 5.75 Å². The predicted molar refractivity (Wildman–Crippen MR) is 94.9 cm³/mol. The summed E-state index contributed by atoms with van der Waals surface area (Å²) < 4.78 is 5.20. The fourth-order valence-electron chi connectivity index (χ4n) is 3.27. The largest absolute Gasteiger partial charge is 0.497 e. The molecule has 2 N–H and O–H groups in total. The highest BCUT2D eigenvalue weighted by atomic mass is 16.5. The molecule has 0 aromatic heterocycles. The minimum Gasteiger partial charge on any atom is -0.497 e. The first-order valence-corrected chi connectivity index (χ1v) is 8.39. The van der Waals surface area contributed by atoms with E-state index in [0.717, 1.165) is 30.8 Å². The monoisotopic (exact) mass is 324 g/mol. The van der Waals surface area contributed by atoms with Gasteiger partial charge in [0.1, 0.15) is 5.75 Å². The molecule has 1 heterocycles. The number of benzene rings is 2. The highest BCUT2D eigenvalue weighted by molar-refractivity contribution is 5.77. The Bertz CT molecular complexity index is 670. The zero-order chi connectivity index (χ0) is 16.9. The number of methoxy groups -OCH3 is 1. The van der Waals surface area contributed by atoms with E-state index in [1.807, 2.05) is 47.4 Å². The summed E-state index contributed by atoms with van der Waals surface area (Å²) in [6.45, 7) is 1.57. The van der Waals surface area contributed by atoms with E-state index in [9.17, 15) is 4.79 Å². The molecule has 0 spiro atoms. The van der Waals surface area contributed by atoms with Gasteiger partial charge in [0.25, 0.3) is 0 Å². The minimum atomic E-state index is -0.237. The van der Waals surface area contributed by atoms with Crippen LogP contribution in [-0.2, 0) is 4.79 Å². The fraction of sp³-hybridized carbons (Fsp3) is 0.350. The molecule has 0 aliphatic carbocycles. The third-order valence-electron chi connectivity index (χ3n) is 4.75. The SMILES string of the molecule is COc1ccc([C@@H]2CCN(C(=O)C[C@@H](N)c3ccccc3)C2)cc1. The Kier molecular flexibility index (Phi) is 5.16. The van der Waals surface area contributed by atoms with Crippen LogP contribution in [0.25, 0.3) is 0 Å². The maximum absolute atomic E-state index is 12.5. The van der Waals surface area contributed by atoms with Crippen LogP contribution in [0.1, 0.15) is 35.9 Å². The Balaban J connectivity index is 1.57. The standard InChI is InChI=1S/C20H24N2O2/c1-24-18-9-7-15(8-10-18)17-11-12-22(14-17)20(23)13-19(21)16-5-3-2-4-6-16/h2-10,17,19H,11-14,21H2,1H3/t17-,19-/m1/s1. The van der Waals surface area contributed by atoms with Crippen LogP contribution >= 0.6 is 0 Å². The number of amides is 1. The van der Waals surface area contributed by atoms with Crippen molar-refractivity contribution >= 4 is 5.91 Å². The molecule has 4 heteroatoms. The Morgan fingerprint density at radius 1 is 1.21 bits per heavy atom. The topological polar surface area (TPSA) is 55.6 Å². The summed E-state index contributed by atoms with van der Waals surface area (Å²) >= 11 is 0. The number of hydrogen-bond donors (Lipinski definition) is 1. The summed E-state index contributed by atoms with van der Waals surface area (Å²) in [4.78, 5) is 14.5. The number of rotatable bonds is 5. The lowest BCUT2D eigenvalue weighted by Crippen LogP contribution is -2.31. The quantitative estimate of drug-likeness (QED) is 0.919. The van der Waals surface area contributed by atoms with Gasteiger partial charge in [-0.1, -0.05) is 42.5 Å². The second-order valence-corrected chi connectivity index (χ2v) is 6.32. The van der Waals surface area contributed by atoms with Gasteiger partial charge in [-0.05, 0) is 29.7 Å². The zero-order valence-corrected chi connectivity index (χ0v) is 14.0. The van der Waals surface area contributed by atoms with Crippen molar-refractivity contribution in [1.29, 1.82) is 0 Å². The first-order valence-electron chi connectivity index (χ1n) is 8.39. The average molecular weight is 324 g/mol. The molecule has 3 rings (SSSR count). The molecule has 2 aromatic rings. The number of nitrogens with two attached hydrogens (primary N) is 1. The second kappa shape index (κ2) is 7.49. The predicted octanol–water partition coefficient (Wildman–Crippen LogP) is 3.10. The molecule has 1 fully saturated rings. The number of carbonyl (C=O) groups is 1. The smallest absolute Gasteiger partial charge is 0.224 e. The summed E-state index contributed by atoms with van der Waals surface area (Å²) in [5.74, 6) is 1.40. The van der Waals surface area contributed by atoms with Crippen LogP contribution in [0.2, 0.25) is 0 Å². The number of ether oxygens (including phenoxy) is 1. The van der Waals surface area contributed by atoms with Crippen molar-refractivity contribution in [2.45, 2.75) is 24.8 Å². The molecule has 0 saturated carbocycles. The molecule has 4 nitrogen and oxygen atoms in total. The van der Waals surface area contributed by atoms with Crippen molar-refractivity contribution in [2.75, 3.05) is 20.2 Å². The van der Waals surface area contributed by atoms with Gasteiger partial charge in [-0.2, -0.15) is 0 Å². The van der Waals surface area contributed by atoms with Gasteiger partial charge in [0.05, 0.1) is 7.11 Å². The maximum Gasteiger partial charge on any atom is 0.224 e. The summed E-state index contributed by atoms with van der Waals surface area (Å²) in [5, 5.41) is 0. The first kappa shape index (κ1) is 16.5. The summed E-state index contributed by atoms with van der Waals surface area (Å²) in [6, 6.07) is 17.7. The molecule has 126 valence electrons. The molecule has 0 radical (unpaired) electrons. The highest BCUT2D eigenvalue weighted by Gasteiger charge is 2.28. The molecular formula is C20H24N2O2. The highest BCUT2D eigenvalue weighted by Crippen LogP contribution is 2.29. The van der Waals surface area contributed by atoms with Crippen molar-refractivity contribution in [2.24, 2.45) is 5.73 Å². The van der Waals surface area contributed by atoms with E-state index >= 15 is 0 Å². The van der Waals surface area contributed by atoms with E-state index in [0.29, 0.717) is 12.3 Å². The average Bonchev–Trinajstić information content (AvgIpc) is 3.13. The van der Waals surface area contributed by atoms with Gasteiger partial charge in [0.2, 0.25) is 5.91 Å². The van der Waals surface area contributed by atoms with Gasteiger partial charge in [-0.25, -0.2) is 0 Å². The Hall–Kier alpha value is -2.33. The van der Waals surface area contributed by atoms with Crippen LogP contribution in [0.4, 0.5) is 0 Å². The van der Waals surface area contributed by atoms with Gasteiger partial charge in [-0.15, -0.1) is 0 Å². The molecule has 0 bridgehead atoms. The number of hydrogen-bond acceptors (Lipinski definition) is 3. The lowest BCUT2D eigenvalue weighted by Gasteiger charge is -2.19. The Morgan fingerprint density at radius 3 is 2.58 bits per heavy atom. The van der Waals surface area contributed by atoms with Gasteiger partial charge in [-0.3, -0.25) is 4.79 Å². The molecule has 2 atom stereocenters. The van der Waals surface area contributed by atoms with Gasteiger partial charge in [0, 0.05) is 31.5 Å². The van der Waals surface area contributed by atoms with Crippen molar-refractivity contribution in [3.8, 4) is 5.75 Å². The van der Waals surface area contributed by atoms with Crippen LogP contribution in [-0.4, -0.2) is 31.0 Å². The Labute approximate surface area is 143 Å². The van der Waals surface area contributed by atoms with Gasteiger partial charge < -0.3 is 15.4 Å². The van der Waals surface area contributed by atoms with E-state index in [4.69, 9.17) is 10.5 Å². The maximum atomic E-state index is 12.5. The number of carbonyl (C=O) groups excluding carboxylic acids is 1. The van der Waals surface area contributed by atoms with Crippen molar-refractivity contribution < 1.29 is 9.53 Å². The first-order chi connectivity index (χ1) is 11.7. The second-order valence-electron chi connectivity index (χ2n) is 6.32. The van der Waals surface area contributed by atoms with E-state index in [1.165, 1.54) is 5.56 Å². The van der Waals surface area contributed by atoms with Crippen LogP contribution < -0.4 is 10.5 Å². The van der Waals surface area contributed by atoms with E-state index in [2.05, 4.69) is 12.1 Å². The molecule has 1 aliphatic rings. The molecular weight excluding hydrogens is 300 g/mol. The number of nitrogens with zero attached hydrogens (tertiary/aromatic N) is 1. The van der Waals surface area contributed by atoms with Gasteiger partial charge in [0.15, 0.2) is 0 Å². The molecule has 1 saturated heterocycles. The van der Waals surface area contributed by atoms with Crippen LogP contribution in [0.15, 0.2) is 54.6 Å². The van der Waals surface area contributed by atoms with E-state index in [-0.39, 0.29) is 11.9 Å². The number of likely N-dealkylation sites (tertiary alicyclic amines) is 1. The van der Waals surface area contributed by atoms with E-state index < -0.39 is 0 Å². The minimum absolute atomic E-state index is 0.141. The van der Waals surface area contributed by atoms with Crippen molar-refractivity contribution in [1.82, 2.24) is 4.90 Å². The summed E-state index contributed by atoms with van der Waals surface area (Å²) in [6.07, 6.45) is 1.36. The van der Waals surface area contributed by atoms with Crippen molar-refractivity contribution in [3.05, 3.63) is 65.7 Å². The molecule has 0 unspecified atom stereocenters. The summed E-state index contributed by atoms with van der Waals surface area (Å²) in [7, 11) is 1.67. The molecule has 1 aliphatic heterocycles. The van der Waals surface area contributed by atoms with Crippen LogP contribution in [0.3, 0.4) is 0 Å². The Morgan fingerprint density at radius 2 is 1.92 bits per heavy atom. The fourth-order valence-corrected chi connectivity index (χ4v) is 3.27. The summed E-state index contributed by atoms with van der Waals surface area (Å²) in [5.41, 5.74) is 8.45. The zero-order valence-electron chi connectivity index (χ0n) is 14.0. The third kappa shape index (κ3) is 3.77. The van der Waals surface area contributed by atoms with Crippen LogP contribution in [0, 0.1) is 0 Å². The molecule has 2 aromatic carbocycles. The lowest BCUT2D eigenvalue weighted by molar-refractivity contribution is -0.130. The van der Waals surface area contributed by atoms with Crippen molar-refractivity contribution in [3.63, 3.8) is 0 Å². The third-order valence-corrected chi connectivity index (χ3v) is 4.75. The molecule has 1 amide bonds. The van der Waals surface area contributed by atoms with Gasteiger partial charge >= 0.3 is 0 Å². The molecule has 24 heavy (non-hydrogen) atoms. The van der Waals surface area contributed by atoms with E-state index in [1.54, 1.807) is 7.11 Å². The lowest BCUT2D eigenvalue weighted by atomic mass is 9.98.